The highest BCUT2D eigenvalue weighted by atomic mass is 79.9. The van der Waals surface area contributed by atoms with E-state index in [1.165, 1.54) is 12.8 Å². The summed E-state index contributed by atoms with van der Waals surface area (Å²) < 4.78 is 6.52. The molecule has 1 atom stereocenters. The first-order valence-corrected chi connectivity index (χ1v) is 8.25. The first-order valence-electron chi connectivity index (χ1n) is 7.46. The molecule has 4 nitrogen and oxygen atoms in total. The molecule has 0 bridgehead atoms. The third-order valence-electron chi connectivity index (χ3n) is 3.73. The van der Waals surface area contributed by atoms with Crippen LogP contribution in [0.25, 0.3) is 0 Å². The second-order valence-corrected chi connectivity index (χ2v) is 6.36. The number of rotatable bonds is 4. The zero-order valence-corrected chi connectivity index (χ0v) is 13.9. The Morgan fingerprint density at radius 2 is 2.00 bits per heavy atom. The van der Waals surface area contributed by atoms with Gasteiger partial charge in [-0.05, 0) is 38.0 Å². The molecule has 1 fully saturated rings. The van der Waals surface area contributed by atoms with Crippen LogP contribution in [-0.4, -0.2) is 35.6 Å². The number of carbonyl (C=O) groups is 1. The zero-order valence-electron chi connectivity index (χ0n) is 12.3. The number of ether oxygens (including phenoxy) is 1. The SMILES string of the molecule is C[C@H](O)c1cc(Br)ccc1OCC(=O)N1CCCCCC1. The molecule has 5 heteroatoms. The Bertz CT molecular complexity index is 482. The fourth-order valence-electron chi connectivity index (χ4n) is 2.53. The molecular weight excluding hydrogens is 334 g/mol. The van der Waals surface area contributed by atoms with Crippen molar-refractivity contribution in [2.45, 2.75) is 38.7 Å². The van der Waals surface area contributed by atoms with E-state index in [0.717, 1.165) is 30.4 Å². The number of aliphatic hydroxyl groups excluding tert-OH is 1. The first kappa shape index (κ1) is 16.3. The Morgan fingerprint density at radius 1 is 1.33 bits per heavy atom. The predicted molar refractivity (Wildman–Crippen MR) is 85.3 cm³/mol. The van der Waals surface area contributed by atoms with E-state index in [1.807, 2.05) is 17.0 Å². The molecule has 2 rings (SSSR count). The second kappa shape index (κ2) is 7.80. The molecule has 1 aliphatic heterocycles. The number of nitrogens with zero attached hydrogens (tertiary/aromatic N) is 1. The van der Waals surface area contributed by atoms with Crippen LogP contribution in [0.1, 0.15) is 44.3 Å². The van der Waals surface area contributed by atoms with Gasteiger partial charge in [-0.3, -0.25) is 4.79 Å². The second-order valence-electron chi connectivity index (χ2n) is 5.44. The summed E-state index contributed by atoms with van der Waals surface area (Å²) in [6, 6.07) is 5.44. The standard InChI is InChI=1S/C16H22BrNO3/c1-12(19)14-10-13(17)6-7-15(14)21-11-16(20)18-8-4-2-3-5-9-18/h6-7,10,12,19H,2-5,8-9,11H2,1H3/t12-/m0/s1. The molecule has 1 aliphatic rings. The highest BCUT2D eigenvalue weighted by molar-refractivity contribution is 9.10. The molecule has 1 N–H and O–H groups in total. The van der Waals surface area contributed by atoms with Gasteiger partial charge in [0.1, 0.15) is 5.75 Å². The Morgan fingerprint density at radius 3 is 2.62 bits per heavy atom. The van der Waals surface area contributed by atoms with Crippen molar-refractivity contribution in [1.29, 1.82) is 0 Å². The van der Waals surface area contributed by atoms with E-state index in [4.69, 9.17) is 4.74 Å². The summed E-state index contributed by atoms with van der Waals surface area (Å²) in [5.74, 6) is 0.590. The smallest absolute Gasteiger partial charge is 0.260 e. The molecule has 21 heavy (non-hydrogen) atoms. The fraction of sp³-hybridized carbons (Fsp3) is 0.562. The highest BCUT2D eigenvalue weighted by Gasteiger charge is 2.17. The molecule has 1 amide bonds. The Balaban J connectivity index is 1.97. The van der Waals surface area contributed by atoms with E-state index < -0.39 is 6.10 Å². The van der Waals surface area contributed by atoms with Crippen LogP contribution in [0.2, 0.25) is 0 Å². The number of carbonyl (C=O) groups excluding carboxylic acids is 1. The minimum absolute atomic E-state index is 0.0244. The van der Waals surface area contributed by atoms with Crippen LogP contribution in [0.3, 0.4) is 0 Å². The van der Waals surface area contributed by atoms with E-state index in [2.05, 4.69) is 15.9 Å². The maximum atomic E-state index is 12.2. The fourth-order valence-corrected chi connectivity index (χ4v) is 2.91. The van der Waals surface area contributed by atoms with Gasteiger partial charge in [-0.25, -0.2) is 0 Å². The Hall–Kier alpha value is -1.07. The quantitative estimate of drug-likeness (QED) is 0.901. The summed E-state index contributed by atoms with van der Waals surface area (Å²) in [5.41, 5.74) is 0.688. The summed E-state index contributed by atoms with van der Waals surface area (Å²) >= 11 is 3.37. The van der Waals surface area contributed by atoms with Crippen LogP contribution in [-0.2, 0) is 4.79 Å². The van der Waals surface area contributed by atoms with Crippen molar-refractivity contribution in [3.05, 3.63) is 28.2 Å². The van der Waals surface area contributed by atoms with Gasteiger partial charge >= 0.3 is 0 Å². The lowest BCUT2D eigenvalue weighted by Gasteiger charge is -2.21. The lowest BCUT2D eigenvalue weighted by Crippen LogP contribution is -2.35. The largest absolute Gasteiger partial charge is 0.483 e. The zero-order chi connectivity index (χ0) is 15.2. The first-order chi connectivity index (χ1) is 10.1. The summed E-state index contributed by atoms with van der Waals surface area (Å²) in [6.07, 6.45) is 3.91. The minimum atomic E-state index is -0.634. The van der Waals surface area contributed by atoms with Gasteiger partial charge in [0.15, 0.2) is 6.61 Å². The van der Waals surface area contributed by atoms with Crippen LogP contribution in [0.5, 0.6) is 5.75 Å². The summed E-state index contributed by atoms with van der Waals surface area (Å²) in [7, 11) is 0. The minimum Gasteiger partial charge on any atom is -0.483 e. The number of hydrogen-bond acceptors (Lipinski definition) is 3. The molecule has 0 aliphatic carbocycles. The average Bonchev–Trinajstić information content (AvgIpc) is 2.74. The van der Waals surface area contributed by atoms with E-state index in [1.54, 1.807) is 13.0 Å². The van der Waals surface area contributed by atoms with E-state index in [0.29, 0.717) is 11.3 Å². The van der Waals surface area contributed by atoms with Crippen LogP contribution in [0.15, 0.2) is 22.7 Å². The molecule has 0 radical (unpaired) electrons. The van der Waals surface area contributed by atoms with Gasteiger partial charge in [-0.15, -0.1) is 0 Å². The highest BCUT2D eigenvalue weighted by Crippen LogP contribution is 2.28. The third kappa shape index (κ3) is 4.71. The number of benzene rings is 1. The van der Waals surface area contributed by atoms with Crippen molar-refractivity contribution >= 4 is 21.8 Å². The molecule has 1 aromatic carbocycles. The van der Waals surface area contributed by atoms with Crippen molar-refractivity contribution in [2.75, 3.05) is 19.7 Å². The van der Waals surface area contributed by atoms with Crippen LogP contribution in [0.4, 0.5) is 0 Å². The normalized spacial score (nSPS) is 17.2. The number of halogens is 1. The summed E-state index contributed by atoms with van der Waals surface area (Å²) in [6.45, 7) is 3.37. The predicted octanol–water partition coefficient (Wildman–Crippen LogP) is 3.28. The Labute approximate surface area is 134 Å². The lowest BCUT2D eigenvalue weighted by molar-refractivity contribution is -0.133. The topological polar surface area (TPSA) is 49.8 Å². The van der Waals surface area contributed by atoms with Crippen molar-refractivity contribution in [3.8, 4) is 5.75 Å². The Kier molecular flexibility index (Phi) is 6.06. The average molecular weight is 356 g/mol. The maximum Gasteiger partial charge on any atom is 0.260 e. The van der Waals surface area contributed by atoms with Crippen molar-refractivity contribution < 1.29 is 14.6 Å². The summed E-state index contributed by atoms with van der Waals surface area (Å²) in [5, 5.41) is 9.78. The van der Waals surface area contributed by atoms with Gasteiger partial charge in [0.25, 0.3) is 5.91 Å². The van der Waals surface area contributed by atoms with E-state index >= 15 is 0 Å². The van der Waals surface area contributed by atoms with Gasteiger partial charge in [-0.1, -0.05) is 28.8 Å². The van der Waals surface area contributed by atoms with Gasteiger partial charge in [0, 0.05) is 23.1 Å². The van der Waals surface area contributed by atoms with Gasteiger partial charge in [0.05, 0.1) is 6.10 Å². The monoisotopic (exact) mass is 355 g/mol. The number of aliphatic hydroxyl groups is 1. The number of hydrogen-bond donors (Lipinski definition) is 1. The summed E-state index contributed by atoms with van der Waals surface area (Å²) in [4.78, 5) is 14.1. The van der Waals surface area contributed by atoms with Crippen LogP contribution < -0.4 is 4.74 Å². The van der Waals surface area contributed by atoms with E-state index in [-0.39, 0.29) is 12.5 Å². The number of amides is 1. The maximum absolute atomic E-state index is 12.2. The molecule has 1 aromatic rings. The molecule has 0 unspecified atom stereocenters. The van der Waals surface area contributed by atoms with Gasteiger partial charge in [0.2, 0.25) is 0 Å². The lowest BCUT2D eigenvalue weighted by atomic mass is 10.1. The molecule has 1 heterocycles. The molecule has 116 valence electrons. The van der Waals surface area contributed by atoms with Gasteiger partial charge < -0.3 is 14.7 Å². The molecule has 0 saturated carbocycles. The molecule has 0 aromatic heterocycles. The van der Waals surface area contributed by atoms with Crippen molar-refractivity contribution in [1.82, 2.24) is 4.90 Å². The van der Waals surface area contributed by atoms with Crippen molar-refractivity contribution in [3.63, 3.8) is 0 Å². The number of likely N-dealkylation sites (tertiary alicyclic amines) is 1. The van der Waals surface area contributed by atoms with E-state index in [9.17, 15) is 9.90 Å². The molecular formula is C16H22BrNO3. The van der Waals surface area contributed by atoms with Crippen molar-refractivity contribution in [2.24, 2.45) is 0 Å². The van der Waals surface area contributed by atoms with Gasteiger partial charge in [-0.2, -0.15) is 0 Å². The van der Waals surface area contributed by atoms with Crippen LogP contribution >= 0.6 is 15.9 Å². The third-order valence-corrected chi connectivity index (χ3v) is 4.23. The molecule has 1 saturated heterocycles. The molecule has 0 spiro atoms. The van der Waals surface area contributed by atoms with Crippen LogP contribution in [0, 0.1) is 0 Å².